The highest BCUT2D eigenvalue weighted by molar-refractivity contribution is 5.76. The van der Waals surface area contributed by atoms with Crippen LogP contribution in [-0.4, -0.2) is 35.5 Å². The molecular formula is C14H25N5O. The van der Waals surface area contributed by atoms with Gasteiger partial charge in [0.05, 0.1) is 0 Å². The highest BCUT2D eigenvalue weighted by Crippen LogP contribution is 2.19. The number of anilines is 2. The Labute approximate surface area is 120 Å². The first kappa shape index (κ1) is 16.2. The Morgan fingerprint density at radius 2 is 1.80 bits per heavy atom. The van der Waals surface area contributed by atoms with E-state index in [0.29, 0.717) is 13.0 Å². The molecule has 1 aromatic rings. The smallest absolute Gasteiger partial charge is 0.221 e. The predicted octanol–water partition coefficient (Wildman–Crippen LogP) is 1.80. The van der Waals surface area contributed by atoms with Crippen molar-refractivity contribution >= 4 is 17.5 Å². The van der Waals surface area contributed by atoms with Crippen molar-refractivity contribution < 1.29 is 4.79 Å². The maximum Gasteiger partial charge on any atom is 0.221 e. The molecule has 0 bridgehead atoms. The van der Waals surface area contributed by atoms with E-state index >= 15 is 0 Å². The van der Waals surface area contributed by atoms with Gasteiger partial charge >= 0.3 is 0 Å². The van der Waals surface area contributed by atoms with Crippen LogP contribution in [0.25, 0.3) is 0 Å². The lowest BCUT2D eigenvalue weighted by Gasteiger charge is -2.13. The molecule has 3 N–H and O–H groups in total. The summed E-state index contributed by atoms with van der Waals surface area (Å²) in [6.45, 7) is 8.27. The van der Waals surface area contributed by atoms with E-state index in [1.807, 2.05) is 13.8 Å². The molecule has 0 atom stereocenters. The molecule has 1 heterocycles. The number of nitrogens with one attached hydrogen (secondary N) is 3. The largest absolute Gasteiger partial charge is 0.370 e. The monoisotopic (exact) mass is 279 g/mol. The Morgan fingerprint density at radius 1 is 1.10 bits per heavy atom. The van der Waals surface area contributed by atoms with Crippen LogP contribution >= 0.6 is 0 Å². The number of carbonyl (C=O) groups is 1. The first-order valence-corrected chi connectivity index (χ1v) is 7.31. The predicted molar refractivity (Wildman–Crippen MR) is 82.0 cm³/mol. The van der Waals surface area contributed by atoms with Crippen molar-refractivity contribution in [2.45, 2.75) is 40.0 Å². The fraction of sp³-hybridized carbons (Fsp3) is 0.643. The normalized spacial score (nSPS) is 10.2. The molecule has 112 valence electrons. The molecule has 0 spiro atoms. The number of rotatable bonds is 9. The van der Waals surface area contributed by atoms with Crippen LogP contribution in [0.15, 0.2) is 6.33 Å². The van der Waals surface area contributed by atoms with Gasteiger partial charge < -0.3 is 16.0 Å². The second kappa shape index (κ2) is 9.12. The maximum absolute atomic E-state index is 11.5. The van der Waals surface area contributed by atoms with Gasteiger partial charge in [0, 0.05) is 31.6 Å². The molecule has 0 aliphatic heterocycles. The third kappa shape index (κ3) is 5.03. The van der Waals surface area contributed by atoms with Gasteiger partial charge in [-0.1, -0.05) is 13.8 Å². The molecule has 0 aromatic carbocycles. The minimum atomic E-state index is 0.0679. The quantitative estimate of drug-likeness (QED) is 0.642. The van der Waals surface area contributed by atoms with Crippen molar-refractivity contribution in [1.82, 2.24) is 15.3 Å². The SMILES string of the molecule is CCCNC(=O)CCNc1ncnc(NCC)c1CC. The van der Waals surface area contributed by atoms with Gasteiger partial charge in [-0.3, -0.25) is 4.79 Å². The van der Waals surface area contributed by atoms with Gasteiger partial charge in [-0.2, -0.15) is 0 Å². The molecular weight excluding hydrogens is 254 g/mol. The number of hydrogen-bond donors (Lipinski definition) is 3. The molecule has 20 heavy (non-hydrogen) atoms. The van der Waals surface area contributed by atoms with Crippen LogP contribution in [0.5, 0.6) is 0 Å². The lowest BCUT2D eigenvalue weighted by molar-refractivity contribution is -0.120. The van der Waals surface area contributed by atoms with Gasteiger partial charge in [-0.05, 0) is 19.8 Å². The summed E-state index contributed by atoms with van der Waals surface area (Å²) in [7, 11) is 0. The summed E-state index contributed by atoms with van der Waals surface area (Å²) < 4.78 is 0. The molecule has 0 radical (unpaired) electrons. The second-order valence-corrected chi connectivity index (χ2v) is 4.46. The molecule has 1 aromatic heterocycles. The highest BCUT2D eigenvalue weighted by Gasteiger charge is 2.09. The summed E-state index contributed by atoms with van der Waals surface area (Å²) in [5, 5.41) is 9.30. The molecule has 0 unspecified atom stereocenters. The summed E-state index contributed by atoms with van der Waals surface area (Å²) in [6, 6.07) is 0. The lowest BCUT2D eigenvalue weighted by atomic mass is 10.2. The van der Waals surface area contributed by atoms with Crippen molar-refractivity contribution in [3.05, 3.63) is 11.9 Å². The van der Waals surface area contributed by atoms with Crippen LogP contribution in [0, 0.1) is 0 Å². The zero-order chi connectivity index (χ0) is 14.8. The van der Waals surface area contributed by atoms with Gasteiger partial charge in [-0.25, -0.2) is 9.97 Å². The summed E-state index contributed by atoms with van der Waals surface area (Å²) in [6.07, 6.45) is 3.78. The summed E-state index contributed by atoms with van der Waals surface area (Å²) in [5.41, 5.74) is 1.06. The van der Waals surface area contributed by atoms with Crippen LogP contribution in [0.2, 0.25) is 0 Å². The van der Waals surface area contributed by atoms with E-state index in [0.717, 1.165) is 43.1 Å². The molecule has 1 amide bonds. The van der Waals surface area contributed by atoms with Gasteiger partial charge in [0.2, 0.25) is 5.91 Å². The van der Waals surface area contributed by atoms with Crippen LogP contribution in [0.3, 0.4) is 0 Å². The number of aromatic nitrogens is 2. The van der Waals surface area contributed by atoms with Gasteiger partial charge in [-0.15, -0.1) is 0 Å². The standard InChI is InChI=1S/C14H25N5O/c1-4-8-16-12(20)7-9-17-14-11(5-2)13(15-6-3)18-10-19-14/h10H,4-9H2,1-3H3,(H,16,20)(H2,15,17,18,19). The molecule has 0 aliphatic rings. The van der Waals surface area contributed by atoms with Crippen molar-refractivity contribution in [3.8, 4) is 0 Å². The van der Waals surface area contributed by atoms with Crippen molar-refractivity contribution in [3.63, 3.8) is 0 Å². The number of nitrogens with zero attached hydrogens (tertiary/aromatic N) is 2. The maximum atomic E-state index is 11.5. The van der Waals surface area contributed by atoms with Crippen molar-refractivity contribution in [1.29, 1.82) is 0 Å². The fourth-order valence-corrected chi connectivity index (χ4v) is 1.87. The molecule has 1 rings (SSSR count). The zero-order valence-electron chi connectivity index (χ0n) is 12.6. The van der Waals surface area contributed by atoms with E-state index in [1.54, 1.807) is 0 Å². The average molecular weight is 279 g/mol. The fourth-order valence-electron chi connectivity index (χ4n) is 1.87. The van der Waals surface area contributed by atoms with Crippen LogP contribution in [-0.2, 0) is 11.2 Å². The van der Waals surface area contributed by atoms with Gasteiger partial charge in [0.25, 0.3) is 0 Å². The second-order valence-electron chi connectivity index (χ2n) is 4.46. The van der Waals surface area contributed by atoms with Crippen molar-refractivity contribution in [2.24, 2.45) is 0 Å². The summed E-state index contributed by atoms with van der Waals surface area (Å²) >= 11 is 0. The Hall–Kier alpha value is -1.85. The first-order valence-electron chi connectivity index (χ1n) is 7.31. The van der Waals surface area contributed by atoms with Crippen LogP contribution in [0.1, 0.15) is 39.2 Å². The Bertz CT molecular complexity index is 422. The third-order valence-electron chi connectivity index (χ3n) is 2.86. The topological polar surface area (TPSA) is 78.9 Å². The van der Waals surface area contributed by atoms with E-state index < -0.39 is 0 Å². The molecule has 0 fully saturated rings. The average Bonchev–Trinajstić information content (AvgIpc) is 2.45. The minimum Gasteiger partial charge on any atom is -0.370 e. The molecule has 0 saturated heterocycles. The lowest BCUT2D eigenvalue weighted by Crippen LogP contribution is -2.26. The summed E-state index contributed by atoms with van der Waals surface area (Å²) in [5.74, 6) is 1.74. The minimum absolute atomic E-state index is 0.0679. The molecule has 0 saturated carbocycles. The van der Waals surface area contributed by atoms with Crippen LogP contribution in [0.4, 0.5) is 11.6 Å². The Kier molecular flexibility index (Phi) is 7.39. The first-order chi connectivity index (χ1) is 9.72. The molecule has 6 nitrogen and oxygen atoms in total. The number of carbonyl (C=O) groups excluding carboxylic acids is 1. The highest BCUT2D eigenvalue weighted by atomic mass is 16.1. The van der Waals surface area contributed by atoms with E-state index in [-0.39, 0.29) is 5.91 Å². The number of amides is 1. The van der Waals surface area contributed by atoms with E-state index in [2.05, 4.69) is 32.8 Å². The summed E-state index contributed by atoms with van der Waals surface area (Å²) in [4.78, 5) is 20.0. The van der Waals surface area contributed by atoms with E-state index in [9.17, 15) is 4.79 Å². The molecule has 0 aliphatic carbocycles. The zero-order valence-corrected chi connectivity index (χ0v) is 12.6. The van der Waals surface area contributed by atoms with Crippen molar-refractivity contribution in [2.75, 3.05) is 30.3 Å². The van der Waals surface area contributed by atoms with Crippen LogP contribution < -0.4 is 16.0 Å². The van der Waals surface area contributed by atoms with Gasteiger partial charge in [0.15, 0.2) is 0 Å². The Morgan fingerprint density at radius 3 is 2.40 bits per heavy atom. The van der Waals surface area contributed by atoms with Gasteiger partial charge in [0.1, 0.15) is 18.0 Å². The molecule has 6 heteroatoms. The number of hydrogen-bond acceptors (Lipinski definition) is 5. The Balaban J connectivity index is 2.55. The van der Waals surface area contributed by atoms with E-state index in [4.69, 9.17) is 0 Å². The van der Waals surface area contributed by atoms with E-state index in [1.165, 1.54) is 6.33 Å². The third-order valence-corrected chi connectivity index (χ3v) is 2.86.